The highest BCUT2D eigenvalue weighted by Crippen LogP contribution is 2.36. The molecule has 0 bridgehead atoms. The molecule has 1 aliphatic rings. The zero-order valence-corrected chi connectivity index (χ0v) is 16.4. The van der Waals surface area contributed by atoms with E-state index in [9.17, 15) is 32.5 Å². The number of thioether (sulfide) groups is 1. The predicted octanol–water partition coefficient (Wildman–Crippen LogP) is 5.08. The van der Waals surface area contributed by atoms with Crippen LogP contribution in [0.15, 0.2) is 41.3 Å². The molecule has 6 nitrogen and oxygen atoms in total. The van der Waals surface area contributed by atoms with Gasteiger partial charge in [-0.05, 0) is 43.2 Å². The summed E-state index contributed by atoms with van der Waals surface area (Å²) in [4.78, 5) is 24.3. The van der Waals surface area contributed by atoms with Crippen LogP contribution in [0.2, 0.25) is 0 Å². The molecule has 160 valence electrons. The molecule has 0 spiro atoms. The normalized spacial score (nSPS) is 14.1. The molecule has 0 aliphatic carbocycles. The van der Waals surface area contributed by atoms with Gasteiger partial charge in [-0.15, -0.1) is 11.8 Å². The number of rotatable bonds is 6. The number of alkyl halides is 3. The number of hydrogen-bond acceptors (Lipinski definition) is 5. The Morgan fingerprint density at radius 2 is 1.87 bits per heavy atom. The number of nitrogens with one attached hydrogen (secondary N) is 1. The maximum absolute atomic E-state index is 13.9. The molecular weight excluding hydrogens is 426 g/mol. The van der Waals surface area contributed by atoms with Crippen LogP contribution in [0.5, 0.6) is 0 Å². The fourth-order valence-corrected chi connectivity index (χ4v) is 3.91. The molecule has 1 heterocycles. The van der Waals surface area contributed by atoms with Gasteiger partial charge in [0.2, 0.25) is 5.91 Å². The molecule has 0 saturated carbocycles. The van der Waals surface area contributed by atoms with Crippen molar-refractivity contribution in [1.29, 1.82) is 0 Å². The number of carbonyl (C=O) groups excluding carboxylic acids is 1. The van der Waals surface area contributed by atoms with Crippen molar-refractivity contribution in [2.45, 2.75) is 23.9 Å². The summed E-state index contributed by atoms with van der Waals surface area (Å²) in [5.41, 5.74) is -0.986. The van der Waals surface area contributed by atoms with Crippen LogP contribution in [0.25, 0.3) is 0 Å². The van der Waals surface area contributed by atoms with Gasteiger partial charge in [-0.2, -0.15) is 13.2 Å². The topological polar surface area (TPSA) is 75.5 Å². The minimum Gasteiger partial charge on any atom is -0.371 e. The number of nitro groups is 1. The molecule has 1 N–H and O–H groups in total. The lowest BCUT2D eigenvalue weighted by atomic mass is 10.2. The molecule has 2 aromatic rings. The van der Waals surface area contributed by atoms with Crippen molar-refractivity contribution in [1.82, 2.24) is 0 Å². The summed E-state index contributed by atoms with van der Waals surface area (Å²) in [5.74, 6) is -1.37. The molecule has 1 aliphatic heterocycles. The summed E-state index contributed by atoms with van der Waals surface area (Å²) in [6.07, 6.45) is -2.71. The number of nitrogens with zero attached hydrogens (tertiary/aromatic N) is 2. The molecule has 3 rings (SSSR count). The third-order valence-electron chi connectivity index (χ3n) is 4.48. The lowest BCUT2D eigenvalue weighted by molar-refractivity contribution is -0.388. The molecule has 1 saturated heterocycles. The summed E-state index contributed by atoms with van der Waals surface area (Å²) in [6.45, 7) is 1.59. The highest BCUT2D eigenvalue weighted by molar-refractivity contribution is 8.00. The van der Waals surface area contributed by atoms with Gasteiger partial charge in [0.25, 0.3) is 5.69 Å². The predicted molar refractivity (Wildman–Crippen MR) is 105 cm³/mol. The van der Waals surface area contributed by atoms with Crippen molar-refractivity contribution in [3.05, 3.63) is 57.9 Å². The lowest BCUT2D eigenvalue weighted by Gasteiger charge is -2.18. The monoisotopic (exact) mass is 443 g/mol. The highest BCUT2D eigenvalue weighted by atomic mass is 32.2. The molecule has 0 radical (unpaired) electrons. The lowest BCUT2D eigenvalue weighted by Crippen LogP contribution is -2.19. The first-order valence-corrected chi connectivity index (χ1v) is 9.96. The summed E-state index contributed by atoms with van der Waals surface area (Å²) in [6, 6.07) is 6.30. The molecule has 1 fully saturated rings. The second-order valence-electron chi connectivity index (χ2n) is 6.67. The van der Waals surface area contributed by atoms with Crippen LogP contribution in [0.4, 0.5) is 34.6 Å². The summed E-state index contributed by atoms with van der Waals surface area (Å²) in [7, 11) is 0. The number of nitro benzene ring substituents is 1. The average Bonchev–Trinajstić information content (AvgIpc) is 3.19. The second-order valence-corrected chi connectivity index (χ2v) is 7.68. The third-order valence-corrected chi connectivity index (χ3v) is 5.54. The Kier molecular flexibility index (Phi) is 6.49. The Bertz CT molecular complexity index is 963. The van der Waals surface area contributed by atoms with Crippen molar-refractivity contribution in [2.75, 3.05) is 29.1 Å². The van der Waals surface area contributed by atoms with Gasteiger partial charge < -0.3 is 10.2 Å². The minimum absolute atomic E-state index is 0.0693. The summed E-state index contributed by atoms with van der Waals surface area (Å²) in [5, 5.41) is 13.6. The Balaban J connectivity index is 1.68. The van der Waals surface area contributed by atoms with Crippen LogP contribution in [0.3, 0.4) is 0 Å². The molecule has 11 heteroatoms. The maximum Gasteiger partial charge on any atom is 0.416 e. The fraction of sp³-hybridized carbons (Fsp3) is 0.316. The number of amides is 1. The van der Waals surface area contributed by atoms with E-state index in [0.717, 1.165) is 55.9 Å². The van der Waals surface area contributed by atoms with Crippen LogP contribution < -0.4 is 10.2 Å². The molecule has 30 heavy (non-hydrogen) atoms. The van der Waals surface area contributed by atoms with E-state index in [1.165, 1.54) is 6.07 Å². The smallest absolute Gasteiger partial charge is 0.371 e. The number of carbonyl (C=O) groups is 1. The van der Waals surface area contributed by atoms with E-state index in [1.807, 2.05) is 4.90 Å². The van der Waals surface area contributed by atoms with E-state index >= 15 is 0 Å². The Morgan fingerprint density at radius 1 is 1.17 bits per heavy atom. The molecule has 0 unspecified atom stereocenters. The number of benzene rings is 2. The highest BCUT2D eigenvalue weighted by Gasteiger charge is 2.33. The summed E-state index contributed by atoms with van der Waals surface area (Å²) >= 11 is 0.731. The van der Waals surface area contributed by atoms with Gasteiger partial charge in [-0.3, -0.25) is 14.9 Å². The van der Waals surface area contributed by atoms with Crippen LogP contribution in [-0.2, 0) is 11.0 Å². The van der Waals surface area contributed by atoms with E-state index in [-0.39, 0.29) is 16.3 Å². The van der Waals surface area contributed by atoms with Crippen molar-refractivity contribution >= 4 is 34.7 Å². The van der Waals surface area contributed by atoms with Gasteiger partial charge in [0.15, 0.2) is 0 Å². The largest absolute Gasteiger partial charge is 0.416 e. The maximum atomic E-state index is 13.9. The Labute approximate surface area is 173 Å². The second kappa shape index (κ2) is 8.90. The fourth-order valence-electron chi connectivity index (χ4n) is 3.10. The van der Waals surface area contributed by atoms with Crippen LogP contribution in [-0.4, -0.2) is 29.7 Å². The number of halogens is 4. The van der Waals surface area contributed by atoms with Crippen molar-refractivity contribution in [2.24, 2.45) is 0 Å². The SMILES string of the molecule is O=C(CSc1ccc(C(F)(F)F)cc1[N+](=O)[O-])Nc1cc(F)cc(N2CCCC2)c1. The van der Waals surface area contributed by atoms with E-state index in [4.69, 9.17) is 0 Å². The minimum atomic E-state index is -4.71. The third kappa shape index (κ3) is 5.41. The number of anilines is 2. The Hall–Kier alpha value is -2.82. The average molecular weight is 443 g/mol. The Morgan fingerprint density at radius 3 is 2.50 bits per heavy atom. The van der Waals surface area contributed by atoms with E-state index in [2.05, 4.69) is 5.32 Å². The first-order chi connectivity index (χ1) is 14.1. The van der Waals surface area contributed by atoms with Gasteiger partial charge >= 0.3 is 6.18 Å². The zero-order chi connectivity index (χ0) is 21.9. The quantitative estimate of drug-likeness (QED) is 0.292. The van der Waals surface area contributed by atoms with Gasteiger partial charge in [-0.25, -0.2) is 4.39 Å². The molecule has 0 aromatic heterocycles. The van der Waals surface area contributed by atoms with E-state index in [0.29, 0.717) is 11.8 Å². The molecule has 2 aromatic carbocycles. The van der Waals surface area contributed by atoms with Crippen molar-refractivity contribution in [3.63, 3.8) is 0 Å². The summed E-state index contributed by atoms with van der Waals surface area (Å²) < 4.78 is 52.2. The first kappa shape index (κ1) is 21.9. The van der Waals surface area contributed by atoms with Gasteiger partial charge in [-0.1, -0.05) is 0 Å². The number of hydrogen-bond donors (Lipinski definition) is 1. The molecule has 1 amide bonds. The first-order valence-electron chi connectivity index (χ1n) is 8.97. The van der Waals surface area contributed by atoms with Gasteiger partial charge in [0, 0.05) is 30.5 Å². The van der Waals surface area contributed by atoms with Crippen LogP contribution >= 0.6 is 11.8 Å². The van der Waals surface area contributed by atoms with E-state index in [1.54, 1.807) is 6.07 Å². The van der Waals surface area contributed by atoms with E-state index < -0.39 is 34.1 Å². The van der Waals surface area contributed by atoms with Crippen molar-refractivity contribution in [3.8, 4) is 0 Å². The van der Waals surface area contributed by atoms with Crippen LogP contribution in [0, 0.1) is 15.9 Å². The van der Waals surface area contributed by atoms with Crippen LogP contribution in [0.1, 0.15) is 18.4 Å². The van der Waals surface area contributed by atoms with Gasteiger partial charge in [0.1, 0.15) is 5.82 Å². The van der Waals surface area contributed by atoms with Crippen molar-refractivity contribution < 1.29 is 27.3 Å². The van der Waals surface area contributed by atoms with Gasteiger partial charge in [0.05, 0.1) is 21.1 Å². The molecular formula is C19H17F4N3O3S. The standard InChI is InChI=1S/C19H17F4N3O3S/c20-13-8-14(10-15(9-13)25-5-1-2-6-25)24-18(27)11-30-17-4-3-12(19(21,22)23)7-16(17)26(28)29/h3-4,7-10H,1-2,5-6,11H2,(H,24,27). The molecule has 0 atom stereocenters. The zero-order valence-electron chi connectivity index (χ0n) is 15.5.